The van der Waals surface area contributed by atoms with Crippen molar-refractivity contribution in [1.29, 1.82) is 0 Å². The third-order valence-corrected chi connectivity index (χ3v) is 5.12. The molecule has 8 nitrogen and oxygen atoms in total. The van der Waals surface area contributed by atoms with Crippen LogP contribution in [0, 0.1) is 0 Å². The average molecular weight is 399 g/mol. The first-order chi connectivity index (χ1) is 12.6. The third kappa shape index (κ3) is 6.13. The molecule has 9 heteroatoms. The van der Waals surface area contributed by atoms with E-state index >= 15 is 0 Å². The number of nitrogens with zero attached hydrogens (tertiary/aromatic N) is 1. The van der Waals surface area contributed by atoms with Gasteiger partial charge in [0, 0.05) is 23.9 Å². The summed E-state index contributed by atoms with van der Waals surface area (Å²) < 4.78 is 33.9. The highest BCUT2D eigenvalue weighted by molar-refractivity contribution is 7.90. The molecular formula is C18H25NO7S. The standard InChI is InChI=1S/C18H25NO7S/c1-4-25-16-9-13(5-8-15(16)26-10-17(20)21)18(22)19(14-6-7-14)12(2)11-27(3,23)24/h5,8-9,12,14H,4,6-7,10-11H2,1-3H3,(H,20,21). The predicted octanol–water partition coefficient (Wildman–Crippen LogP) is 1.59. The van der Waals surface area contributed by atoms with Crippen molar-refractivity contribution in [1.82, 2.24) is 4.90 Å². The van der Waals surface area contributed by atoms with E-state index in [0.717, 1.165) is 19.1 Å². The van der Waals surface area contributed by atoms with Gasteiger partial charge in [0.05, 0.1) is 12.4 Å². The van der Waals surface area contributed by atoms with Crippen LogP contribution in [0.5, 0.6) is 11.5 Å². The molecule has 1 saturated carbocycles. The van der Waals surface area contributed by atoms with Crippen molar-refractivity contribution in [2.45, 2.75) is 38.8 Å². The minimum absolute atomic E-state index is 0.0349. The average Bonchev–Trinajstić information content (AvgIpc) is 3.37. The van der Waals surface area contributed by atoms with Crippen molar-refractivity contribution in [3.05, 3.63) is 23.8 Å². The second kappa shape index (κ2) is 8.60. The summed E-state index contributed by atoms with van der Waals surface area (Å²) in [6.07, 6.45) is 2.84. The number of aliphatic carboxylic acids is 1. The zero-order chi connectivity index (χ0) is 20.2. The molecule has 150 valence electrons. The van der Waals surface area contributed by atoms with E-state index in [2.05, 4.69) is 0 Å². The number of hydrogen-bond acceptors (Lipinski definition) is 6. The van der Waals surface area contributed by atoms with Gasteiger partial charge in [-0.05, 0) is 44.9 Å². The van der Waals surface area contributed by atoms with E-state index in [0.29, 0.717) is 12.2 Å². The van der Waals surface area contributed by atoms with Crippen molar-refractivity contribution in [3.8, 4) is 11.5 Å². The Morgan fingerprint density at radius 1 is 1.26 bits per heavy atom. The van der Waals surface area contributed by atoms with Crippen LogP contribution < -0.4 is 9.47 Å². The highest BCUT2D eigenvalue weighted by Gasteiger charge is 2.37. The van der Waals surface area contributed by atoms with Crippen LogP contribution in [0.25, 0.3) is 0 Å². The van der Waals surface area contributed by atoms with Crippen molar-refractivity contribution in [2.75, 3.05) is 25.2 Å². The largest absolute Gasteiger partial charge is 0.490 e. The number of carboxylic acid groups (broad SMARTS) is 1. The summed E-state index contributed by atoms with van der Waals surface area (Å²) in [4.78, 5) is 25.3. The molecule has 1 aliphatic rings. The molecule has 1 amide bonds. The molecule has 0 spiro atoms. The lowest BCUT2D eigenvalue weighted by molar-refractivity contribution is -0.139. The van der Waals surface area contributed by atoms with Crippen molar-refractivity contribution in [2.24, 2.45) is 0 Å². The third-order valence-electron chi connectivity index (χ3n) is 4.04. The lowest BCUT2D eigenvalue weighted by Crippen LogP contribution is -2.43. The van der Waals surface area contributed by atoms with E-state index in [1.807, 2.05) is 0 Å². The Hall–Kier alpha value is -2.29. The van der Waals surface area contributed by atoms with E-state index in [-0.39, 0.29) is 29.2 Å². The summed E-state index contributed by atoms with van der Waals surface area (Å²) in [7, 11) is -3.22. The zero-order valence-electron chi connectivity index (χ0n) is 15.7. The van der Waals surface area contributed by atoms with E-state index in [1.165, 1.54) is 18.2 Å². The Morgan fingerprint density at radius 2 is 1.93 bits per heavy atom. The maximum Gasteiger partial charge on any atom is 0.341 e. The fourth-order valence-corrected chi connectivity index (χ4v) is 3.95. The normalized spacial score (nSPS) is 15.1. The van der Waals surface area contributed by atoms with Crippen LogP contribution >= 0.6 is 0 Å². The van der Waals surface area contributed by atoms with Crippen LogP contribution in [0.3, 0.4) is 0 Å². The number of sulfone groups is 1. The first kappa shape index (κ1) is 21.0. The van der Waals surface area contributed by atoms with Gasteiger partial charge in [-0.3, -0.25) is 4.79 Å². The summed E-state index contributed by atoms with van der Waals surface area (Å²) in [5.74, 6) is -0.992. The summed E-state index contributed by atoms with van der Waals surface area (Å²) in [5.41, 5.74) is 0.341. The van der Waals surface area contributed by atoms with Gasteiger partial charge in [-0.25, -0.2) is 13.2 Å². The van der Waals surface area contributed by atoms with E-state index in [4.69, 9.17) is 14.6 Å². The molecule has 0 radical (unpaired) electrons. The lowest BCUT2D eigenvalue weighted by Gasteiger charge is -2.29. The summed E-state index contributed by atoms with van der Waals surface area (Å²) in [6, 6.07) is 4.12. The Kier molecular flexibility index (Phi) is 6.69. The molecule has 0 aliphatic heterocycles. The summed E-state index contributed by atoms with van der Waals surface area (Å²) >= 11 is 0. The molecule has 27 heavy (non-hydrogen) atoms. The van der Waals surface area contributed by atoms with Crippen LogP contribution in [-0.4, -0.2) is 67.6 Å². The first-order valence-corrected chi connectivity index (χ1v) is 10.8. The fourth-order valence-electron chi connectivity index (χ4n) is 2.91. The molecule has 1 aromatic rings. The molecule has 0 aromatic heterocycles. The molecular weight excluding hydrogens is 374 g/mol. The minimum atomic E-state index is -3.22. The van der Waals surface area contributed by atoms with Gasteiger partial charge in [-0.1, -0.05) is 0 Å². The molecule has 0 bridgehead atoms. The van der Waals surface area contributed by atoms with Crippen molar-refractivity contribution >= 4 is 21.7 Å². The number of carbonyl (C=O) groups is 2. The molecule has 2 rings (SSSR count). The Labute approximate surface area is 159 Å². The van der Waals surface area contributed by atoms with E-state index in [1.54, 1.807) is 18.7 Å². The monoisotopic (exact) mass is 399 g/mol. The van der Waals surface area contributed by atoms with Crippen LogP contribution in [-0.2, 0) is 14.6 Å². The molecule has 1 aromatic carbocycles. The second-order valence-corrected chi connectivity index (χ2v) is 8.85. The molecule has 1 aliphatic carbocycles. The van der Waals surface area contributed by atoms with Crippen molar-refractivity contribution in [3.63, 3.8) is 0 Å². The molecule has 1 unspecified atom stereocenters. The van der Waals surface area contributed by atoms with Gasteiger partial charge >= 0.3 is 5.97 Å². The van der Waals surface area contributed by atoms with E-state index in [9.17, 15) is 18.0 Å². The number of benzene rings is 1. The number of ether oxygens (including phenoxy) is 2. The zero-order valence-corrected chi connectivity index (χ0v) is 16.5. The fraction of sp³-hybridized carbons (Fsp3) is 0.556. The number of rotatable bonds is 10. The number of amides is 1. The summed E-state index contributed by atoms with van der Waals surface area (Å²) in [6.45, 7) is 3.29. The number of hydrogen-bond donors (Lipinski definition) is 1. The van der Waals surface area contributed by atoms with Crippen LogP contribution in [0.1, 0.15) is 37.0 Å². The van der Waals surface area contributed by atoms with Gasteiger partial charge in [-0.2, -0.15) is 0 Å². The number of carboxylic acids is 1. The molecule has 0 saturated heterocycles. The molecule has 1 fully saturated rings. The van der Waals surface area contributed by atoms with E-state index < -0.39 is 28.5 Å². The Balaban J connectivity index is 2.27. The van der Waals surface area contributed by atoms with Gasteiger partial charge in [-0.15, -0.1) is 0 Å². The highest BCUT2D eigenvalue weighted by atomic mass is 32.2. The topological polar surface area (TPSA) is 110 Å². The Morgan fingerprint density at radius 3 is 2.44 bits per heavy atom. The lowest BCUT2D eigenvalue weighted by atomic mass is 10.1. The minimum Gasteiger partial charge on any atom is -0.490 e. The first-order valence-electron chi connectivity index (χ1n) is 8.74. The van der Waals surface area contributed by atoms with Gasteiger partial charge in [0.1, 0.15) is 9.84 Å². The molecule has 1 N–H and O–H groups in total. The molecule has 1 atom stereocenters. The Bertz CT molecular complexity index is 802. The molecule has 0 heterocycles. The highest BCUT2D eigenvalue weighted by Crippen LogP contribution is 2.33. The second-order valence-electron chi connectivity index (χ2n) is 6.66. The van der Waals surface area contributed by atoms with Gasteiger partial charge in [0.25, 0.3) is 5.91 Å². The van der Waals surface area contributed by atoms with Crippen LogP contribution in [0.4, 0.5) is 0 Å². The van der Waals surface area contributed by atoms with Gasteiger partial charge in [0.2, 0.25) is 0 Å². The van der Waals surface area contributed by atoms with Crippen LogP contribution in [0.2, 0.25) is 0 Å². The van der Waals surface area contributed by atoms with Crippen LogP contribution in [0.15, 0.2) is 18.2 Å². The van der Waals surface area contributed by atoms with Gasteiger partial charge < -0.3 is 19.5 Å². The maximum atomic E-state index is 13.0. The smallest absolute Gasteiger partial charge is 0.341 e. The SMILES string of the molecule is CCOc1cc(C(=O)N(C(C)CS(C)(=O)=O)C2CC2)ccc1OCC(=O)O. The summed E-state index contributed by atoms with van der Waals surface area (Å²) in [5, 5.41) is 8.76. The quantitative estimate of drug-likeness (QED) is 0.636. The number of carbonyl (C=O) groups excluding carboxylic acids is 1. The maximum absolute atomic E-state index is 13.0. The van der Waals surface area contributed by atoms with Gasteiger partial charge in [0.15, 0.2) is 18.1 Å². The van der Waals surface area contributed by atoms with Crippen molar-refractivity contribution < 1.29 is 32.6 Å². The predicted molar refractivity (Wildman–Crippen MR) is 99.1 cm³/mol.